The van der Waals surface area contributed by atoms with Crippen molar-refractivity contribution in [3.05, 3.63) is 46.3 Å². The van der Waals surface area contributed by atoms with E-state index in [0.29, 0.717) is 5.69 Å². The molecule has 1 aromatic heterocycles. The van der Waals surface area contributed by atoms with Crippen molar-refractivity contribution in [3.63, 3.8) is 0 Å². The second-order valence-electron chi connectivity index (χ2n) is 4.63. The number of carboxylic acids is 1. The Bertz CT molecular complexity index is 604. The third-order valence-electron chi connectivity index (χ3n) is 2.99. The molecule has 2 rings (SSSR count). The van der Waals surface area contributed by atoms with Crippen molar-refractivity contribution in [1.82, 2.24) is 9.78 Å². The van der Waals surface area contributed by atoms with Crippen LogP contribution < -0.4 is 0 Å². The summed E-state index contributed by atoms with van der Waals surface area (Å²) in [5.41, 5.74) is 5.10. The van der Waals surface area contributed by atoms with E-state index in [1.807, 2.05) is 20.8 Å². The number of aromatic carboxylic acids is 1. The molecule has 0 aliphatic heterocycles. The zero-order valence-electron chi connectivity index (χ0n) is 11.0. The van der Waals surface area contributed by atoms with Crippen molar-refractivity contribution >= 4 is 5.97 Å². The van der Waals surface area contributed by atoms with Crippen LogP contribution >= 0.6 is 0 Å². The number of carbonyl (C=O) groups is 1. The highest BCUT2D eigenvalue weighted by Gasteiger charge is 2.14. The normalized spacial score (nSPS) is 10.7. The molecule has 1 heterocycles. The van der Waals surface area contributed by atoms with Gasteiger partial charge in [-0.05, 0) is 38.8 Å². The molecule has 1 N–H and O–H groups in total. The SMILES string of the molecule is Cc1cc(C)c(-n2cc(C(=O)O)c(C)n2)c(C)c1. The molecule has 2 aromatic rings. The number of aromatic nitrogens is 2. The van der Waals surface area contributed by atoms with E-state index in [-0.39, 0.29) is 5.56 Å². The molecular weight excluding hydrogens is 228 g/mol. The predicted octanol–water partition coefficient (Wildman–Crippen LogP) is 2.80. The van der Waals surface area contributed by atoms with Gasteiger partial charge in [0.2, 0.25) is 0 Å². The zero-order valence-corrected chi connectivity index (χ0v) is 11.0. The van der Waals surface area contributed by atoms with Gasteiger partial charge in [0.25, 0.3) is 0 Å². The van der Waals surface area contributed by atoms with E-state index < -0.39 is 5.97 Å². The maximum absolute atomic E-state index is 11.0. The minimum absolute atomic E-state index is 0.245. The van der Waals surface area contributed by atoms with Gasteiger partial charge in [-0.3, -0.25) is 0 Å². The standard InChI is InChI=1S/C14H16N2O2/c1-8-5-9(2)13(10(3)6-8)16-7-12(14(17)18)11(4)15-16/h5-7H,1-4H3,(H,17,18). The van der Waals surface area contributed by atoms with Crippen LogP contribution in [0.5, 0.6) is 0 Å². The maximum atomic E-state index is 11.0. The lowest BCUT2D eigenvalue weighted by Crippen LogP contribution is -2.01. The fourth-order valence-electron chi connectivity index (χ4n) is 2.32. The summed E-state index contributed by atoms with van der Waals surface area (Å²) in [5.74, 6) is -0.943. The van der Waals surface area contributed by atoms with E-state index in [1.165, 1.54) is 5.56 Å². The molecule has 0 saturated carbocycles. The molecule has 18 heavy (non-hydrogen) atoms. The first-order chi connectivity index (χ1) is 8.40. The minimum Gasteiger partial charge on any atom is -0.478 e. The lowest BCUT2D eigenvalue weighted by molar-refractivity contribution is 0.0696. The Kier molecular flexibility index (Phi) is 2.95. The summed E-state index contributed by atoms with van der Waals surface area (Å²) in [7, 11) is 0. The van der Waals surface area contributed by atoms with Crippen LogP contribution in [0.25, 0.3) is 5.69 Å². The third-order valence-corrected chi connectivity index (χ3v) is 2.99. The van der Waals surface area contributed by atoms with E-state index >= 15 is 0 Å². The molecule has 4 nitrogen and oxygen atoms in total. The molecule has 94 valence electrons. The van der Waals surface area contributed by atoms with Gasteiger partial charge in [-0.1, -0.05) is 17.7 Å². The van der Waals surface area contributed by atoms with E-state index in [0.717, 1.165) is 16.8 Å². The molecule has 0 atom stereocenters. The smallest absolute Gasteiger partial charge is 0.339 e. The summed E-state index contributed by atoms with van der Waals surface area (Å²) < 4.78 is 1.66. The summed E-state index contributed by atoms with van der Waals surface area (Å²) in [5, 5.41) is 13.3. The maximum Gasteiger partial charge on any atom is 0.339 e. The molecule has 0 radical (unpaired) electrons. The van der Waals surface area contributed by atoms with Gasteiger partial charge in [0, 0.05) is 6.20 Å². The van der Waals surface area contributed by atoms with Crippen molar-refractivity contribution in [3.8, 4) is 5.69 Å². The van der Waals surface area contributed by atoms with Crippen LogP contribution in [-0.2, 0) is 0 Å². The van der Waals surface area contributed by atoms with Crippen LogP contribution in [0.2, 0.25) is 0 Å². The van der Waals surface area contributed by atoms with Crippen molar-refractivity contribution in [1.29, 1.82) is 0 Å². The Morgan fingerprint density at radius 1 is 1.17 bits per heavy atom. The number of carboxylic acid groups (broad SMARTS) is 1. The average molecular weight is 244 g/mol. The van der Waals surface area contributed by atoms with Crippen molar-refractivity contribution in [2.75, 3.05) is 0 Å². The van der Waals surface area contributed by atoms with E-state index in [9.17, 15) is 4.79 Å². The minimum atomic E-state index is -0.943. The van der Waals surface area contributed by atoms with Crippen LogP contribution in [0.4, 0.5) is 0 Å². The quantitative estimate of drug-likeness (QED) is 0.883. The highest BCUT2D eigenvalue weighted by molar-refractivity contribution is 5.88. The number of benzene rings is 1. The molecular formula is C14H16N2O2. The second kappa shape index (κ2) is 4.29. The van der Waals surface area contributed by atoms with Gasteiger partial charge in [-0.15, -0.1) is 0 Å². The van der Waals surface area contributed by atoms with Crippen LogP contribution in [0.3, 0.4) is 0 Å². The number of rotatable bonds is 2. The summed E-state index contributed by atoms with van der Waals surface area (Å²) in [6.07, 6.45) is 1.57. The van der Waals surface area contributed by atoms with Crippen LogP contribution in [-0.4, -0.2) is 20.9 Å². The van der Waals surface area contributed by atoms with Gasteiger partial charge in [0.05, 0.1) is 11.4 Å². The van der Waals surface area contributed by atoms with Gasteiger partial charge >= 0.3 is 5.97 Å². The molecule has 0 amide bonds. The highest BCUT2D eigenvalue weighted by Crippen LogP contribution is 2.21. The molecule has 1 aromatic carbocycles. The summed E-state index contributed by atoms with van der Waals surface area (Å²) >= 11 is 0. The predicted molar refractivity (Wildman–Crippen MR) is 69.5 cm³/mol. The largest absolute Gasteiger partial charge is 0.478 e. The molecule has 0 spiro atoms. The number of hydrogen-bond donors (Lipinski definition) is 1. The highest BCUT2D eigenvalue weighted by atomic mass is 16.4. The van der Waals surface area contributed by atoms with E-state index in [1.54, 1.807) is 17.8 Å². The van der Waals surface area contributed by atoms with Gasteiger partial charge in [0.15, 0.2) is 0 Å². The van der Waals surface area contributed by atoms with Gasteiger partial charge < -0.3 is 5.11 Å². The van der Waals surface area contributed by atoms with Crippen molar-refractivity contribution < 1.29 is 9.90 Å². The van der Waals surface area contributed by atoms with Gasteiger partial charge in [-0.2, -0.15) is 5.10 Å². The molecule has 0 aliphatic carbocycles. The molecule has 0 aliphatic rings. The number of hydrogen-bond acceptors (Lipinski definition) is 2. The summed E-state index contributed by atoms with van der Waals surface area (Å²) in [4.78, 5) is 11.0. The molecule has 0 bridgehead atoms. The van der Waals surface area contributed by atoms with Gasteiger partial charge in [0.1, 0.15) is 5.56 Å². The topological polar surface area (TPSA) is 55.1 Å². The lowest BCUT2D eigenvalue weighted by Gasteiger charge is -2.10. The van der Waals surface area contributed by atoms with E-state index in [4.69, 9.17) is 5.11 Å². The Hall–Kier alpha value is -2.10. The Balaban J connectivity index is 2.63. The van der Waals surface area contributed by atoms with Crippen LogP contribution in [0.15, 0.2) is 18.3 Å². The second-order valence-corrected chi connectivity index (χ2v) is 4.63. The molecule has 0 unspecified atom stereocenters. The fourth-order valence-corrected chi connectivity index (χ4v) is 2.32. The molecule has 4 heteroatoms. The number of nitrogens with zero attached hydrogens (tertiary/aromatic N) is 2. The Morgan fingerprint density at radius 3 is 2.17 bits per heavy atom. The summed E-state index contributed by atoms with van der Waals surface area (Å²) in [6.45, 7) is 7.76. The summed E-state index contributed by atoms with van der Waals surface area (Å²) in [6, 6.07) is 4.14. The van der Waals surface area contributed by atoms with Crippen molar-refractivity contribution in [2.24, 2.45) is 0 Å². The first kappa shape index (κ1) is 12.4. The Labute approximate surface area is 106 Å². The van der Waals surface area contributed by atoms with Crippen LogP contribution in [0, 0.1) is 27.7 Å². The monoisotopic (exact) mass is 244 g/mol. The fraction of sp³-hybridized carbons (Fsp3) is 0.286. The molecule has 0 saturated heterocycles. The number of aryl methyl sites for hydroxylation is 4. The van der Waals surface area contributed by atoms with Crippen LogP contribution in [0.1, 0.15) is 32.7 Å². The first-order valence-electron chi connectivity index (χ1n) is 5.78. The average Bonchev–Trinajstić information content (AvgIpc) is 2.58. The van der Waals surface area contributed by atoms with E-state index in [2.05, 4.69) is 17.2 Å². The van der Waals surface area contributed by atoms with Crippen molar-refractivity contribution in [2.45, 2.75) is 27.7 Å². The Morgan fingerprint density at radius 2 is 1.72 bits per heavy atom. The molecule has 0 fully saturated rings. The van der Waals surface area contributed by atoms with Gasteiger partial charge in [-0.25, -0.2) is 9.48 Å². The third kappa shape index (κ3) is 2.01. The zero-order chi connectivity index (χ0) is 13.4. The lowest BCUT2D eigenvalue weighted by atomic mass is 10.1. The first-order valence-corrected chi connectivity index (χ1v) is 5.78.